The molecule has 1 fully saturated rings. The molecule has 0 unspecified atom stereocenters. The third-order valence-electron chi connectivity index (χ3n) is 3.45. The number of hydrogen-bond donors (Lipinski definition) is 0. The van der Waals surface area contributed by atoms with Crippen molar-refractivity contribution in [3.8, 4) is 6.07 Å². The molecule has 0 bridgehead atoms. The molecule has 0 saturated carbocycles. The van der Waals surface area contributed by atoms with Crippen LogP contribution in [0.25, 0.3) is 0 Å². The van der Waals surface area contributed by atoms with E-state index in [1.165, 1.54) is 9.13 Å². The van der Waals surface area contributed by atoms with E-state index in [9.17, 15) is 5.26 Å². The minimum Gasteiger partial charge on any atom is -1.00 e. The molecule has 0 aliphatic carbocycles. The second-order valence-corrected chi connectivity index (χ2v) is 5.75. The molecule has 4 heteroatoms. The van der Waals surface area contributed by atoms with Gasteiger partial charge in [0.1, 0.15) is 0 Å². The van der Waals surface area contributed by atoms with Crippen molar-refractivity contribution in [2.45, 2.75) is 18.3 Å². The van der Waals surface area contributed by atoms with Crippen molar-refractivity contribution in [2.24, 2.45) is 0 Å². The van der Waals surface area contributed by atoms with Crippen LogP contribution in [0.3, 0.4) is 0 Å². The Balaban J connectivity index is 0.00000144. The van der Waals surface area contributed by atoms with E-state index in [-0.39, 0.29) is 17.8 Å². The first-order chi connectivity index (χ1) is 7.66. The van der Waals surface area contributed by atoms with Crippen LogP contribution in [0.5, 0.6) is 0 Å². The van der Waals surface area contributed by atoms with E-state index in [1.54, 1.807) is 0 Å². The van der Waals surface area contributed by atoms with Crippen molar-refractivity contribution in [1.82, 2.24) is 4.90 Å². The minimum absolute atomic E-state index is 0. The van der Waals surface area contributed by atoms with E-state index in [0.717, 1.165) is 25.9 Å². The van der Waals surface area contributed by atoms with Crippen molar-refractivity contribution in [3.05, 3.63) is 33.4 Å². The largest absolute Gasteiger partial charge is 1.00 e. The standard InChI is InChI=1S/C13H15IN2.ClH/c1-16-8-6-13(10-15,7-9-16)11-2-4-12(14)5-3-11;/h2-5H,6-9H2,1H3;1H/p-1. The number of nitriles is 1. The van der Waals surface area contributed by atoms with Crippen LogP contribution in [0.2, 0.25) is 0 Å². The number of likely N-dealkylation sites (tertiary alicyclic amines) is 1. The molecular weight excluding hydrogens is 347 g/mol. The molecule has 17 heavy (non-hydrogen) atoms. The summed E-state index contributed by atoms with van der Waals surface area (Å²) in [6.07, 6.45) is 1.89. The van der Waals surface area contributed by atoms with Gasteiger partial charge in [0.05, 0.1) is 11.5 Å². The monoisotopic (exact) mass is 361 g/mol. The Kier molecular flexibility index (Phi) is 5.23. The molecule has 1 saturated heterocycles. The number of piperidine rings is 1. The first-order valence-corrected chi connectivity index (χ1v) is 6.60. The van der Waals surface area contributed by atoms with Crippen molar-refractivity contribution in [2.75, 3.05) is 20.1 Å². The van der Waals surface area contributed by atoms with Gasteiger partial charge in [-0.15, -0.1) is 0 Å². The first-order valence-electron chi connectivity index (χ1n) is 5.52. The molecular formula is C13H15ClIN2-. The fraction of sp³-hybridized carbons (Fsp3) is 0.462. The Morgan fingerprint density at radius 2 is 1.76 bits per heavy atom. The Morgan fingerprint density at radius 1 is 1.24 bits per heavy atom. The average Bonchev–Trinajstić information content (AvgIpc) is 2.32. The summed E-state index contributed by atoms with van der Waals surface area (Å²) >= 11 is 2.30. The van der Waals surface area contributed by atoms with Gasteiger partial charge in [0, 0.05) is 3.57 Å². The lowest BCUT2D eigenvalue weighted by Gasteiger charge is -2.35. The quantitative estimate of drug-likeness (QED) is 0.647. The maximum absolute atomic E-state index is 9.48. The summed E-state index contributed by atoms with van der Waals surface area (Å²) in [5.74, 6) is 0. The molecule has 92 valence electrons. The highest BCUT2D eigenvalue weighted by atomic mass is 127. The molecule has 0 aromatic heterocycles. The first kappa shape index (κ1) is 14.7. The average molecular weight is 362 g/mol. The molecule has 1 aliphatic heterocycles. The smallest absolute Gasteiger partial charge is 0.0846 e. The van der Waals surface area contributed by atoms with Gasteiger partial charge in [-0.25, -0.2) is 0 Å². The normalized spacial score (nSPS) is 19.1. The summed E-state index contributed by atoms with van der Waals surface area (Å²) in [6.45, 7) is 2.03. The lowest BCUT2D eigenvalue weighted by molar-refractivity contribution is -0.00000344. The molecule has 1 heterocycles. The van der Waals surface area contributed by atoms with Crippen LogP contribution >= 0.6 is 22.6 Å². The third-order valence-corrected chi connectivity index (χ3v) is 4.17. The van der Waals surface area contributed by atoms with E-state index in [1.807, 2.05) is 0 Å². The van der Waals surface area contributed by atoms with Gasteiger partial charge in [-0.2, -0.15) is 5.26 Å². The maximum Gasteiger partial charge on any atom is 0.0846 e. The van der Waals surface area contributed by atoms with Crippen LogP contribution in [0.15, 0.2) is 24.3 Å². The zero-order chi connectivity index (χ0) is 11.6. The third kappa shape index (κ3) is 3.12. The molecule has 1 aromatic carbocycles. The van der Waals surface area contributed by atoms with Gasteiger partial charge in [-0.1, -0.05) is 12.1 Å². The van der Waals surface area contributed by atoms with Gasteiger partial charge >= 0.3 is 0 Å². The molecule has 1 aromatic rings. The molecule has 0 spiro atoms. The second kappa shape index (κ2) is 6.03. The molecule has 0 atom stereocenters. The summed E-state index contributed by atoms with van der Waals surface area (Å²) < 4.78 is 1.22. The highest BCUT2D eigenvalue weighted by molar-refractivity contribution is 14.1. The van der Waals surface area contributed by atoms with E-state index in [4.69, 9.17) is 0 Å². The van der Waals surface area contributed by atoms with Crippen molar-refractivity contribution in [1.29, 1.82) is 5.26 Å². The maximum atomic E-state index is 9.48. The Morgan fingerprint density at radius 3 is 2.24 bits per heavy atom. The zero-order valence-electron chi connectivity index (χ0n) is 9.79. The zero-order valence-corrected chi connectivity index (χ0v) is 12.7. The van der Waals surface area contributed by atoms with Gasteiger partial charge in [0.15, 0.2) is 0 Å². The van der Waals surface area contributed by atoms with E-state index < -0.39 is 0 Å². The number of benzene rings is 1. The van der Waals surface area contributed by atoms with E-state index >= 15 is 0 Å². The molecule has 2 rings (SSSR count). The molecule has 0 N–H and O–H groups in total. The fourth-order valence-corrected chi connectivity index (χ4v) is 2.59. The van der Waals surface area contributed by atoms with E-state index in [2.05, 4.69) is 64.9 Å². The summed E-state index contributed by atoms with van der Waals surface area (Å²) in [6, 6.07) is 10.9. The number of halogens is 2. The minimum atomic E-state index is -0.253. The van der Waals surface area contributed by atoms with Gasteiger partial charge in [-0.3, -0.25) is 0 Å². The van der Waals surface area contributed by atoms with Crippen LogP contribution in [-0.2, 0) is 5.41 Å². The number of nitrogens with zero attached hydrogens (tertiary/aromatic N) is 2. The van der Waals surface area contributed by atoms with Crippen LogP contribution in [-0.4, -0.2) is 25.0 Å². The fourth-order valence-electron chi connectivity index (χ4n) is 2.23. The lowest BCUT2D eigenvalue weighted by Crippen LogP contribution is -3.00. The summed E-state index contributed by atoms with van der Waals surface area (Å²) in [4.78, 5) is 2.29. The van der Waals surface area contributed by atoms with Gasteiger partial charge in [-0.05, 0) is 73.3 Å². The highest BCUT2D eigenvalue weighted by Crippen LogP contribution is 2.34. The van der Waals surface area contributed by atoms with Crippen molar-refractivity contribution < 1.29 is 12.4 Å². The molecule has 0 radical (unpaired) electrons. The van der Waals surface area contributed by atoms with Crippen molar-refractivity contribution in [3.63, 3.8) is 0 Å². The van der Waals surface area contributed by atoms with Crippen LogP contribution in [0, 0.1) is 14.9 Å². The van der Waals surface area contributed by atoms with Gasteiger partial charge in [0.2, 0.25) is 0 Å². The van der Waals surface area contributed by atoms with Crippen molar-refractivity contribution >= 4 is 22.6 Å². The summed E-state index contributed by atoms with van der Waals surface area (Å²) in [5.41, 5.74) is 0.931. The van der Waals surface area contributed by atoms with Crippen LogP contribution in [0.1, 0.15) is 18.4 Å². The number of rotatable bonds is 1. The SMILES string of the molecule is CN1CCC(C#N)(c2ccc(I)cc2)CC1.[Cl-]. The Labute approximate surface area is 123 Å². The Bertz CT molecular complexity index is 402. The topological polar surface area (TPSA) is 27.0 Å². The van der Waals surface area contributed by atoms with Crippen LogP contribution < -0.4 is 12.4 Å². The molecule has 0 amide bonds. The predicted octanol–water partition coefficient (Wildman–Crippen LogP) is -0.218. The summed E-state index contributed by atoms with van der Waals surface area (Å²) in [7, 11) is 2.12. The highest BCUT2D eigenvalue weighted by Gasteiger charge is 2.35. The predicted molar refractivity (Wildman–Crippen MR) is 73.2 cm³/mol. The molecule has 2 nitrogen and oxygen atoms in total. The van der Waals surface area contributed by atoms with Gasteiger partial charge in [0.25, 0.3) is 0 Å². The van der Waals surface area contributed by atoms with Crippen LogP contribution in [0.4, 0.5) is 0 Å². The van der Waals surface area contributed by atoms with E-state index in [0.29, 0.717) is 0 Å². The number of hydrogen-bond acceptors (Lipinski definition) is 2. The Hall–Kier alpha value is -0.310. The molecule has 1 aliphatic rings. The summed E-state index contributed by atoms with van der Waals surface area (Å²) in [5, 5.41) is 9.48. The van der Waals surface area contributed by atoms with Gasteiger partial charge < -0.3 is 17.3 Å². The lowest BCUT2D eigenvalue weighted by atomic mass is 9.74. The second-order valence-electron chi connectivity index (χ2n) is 4.50.